The van der Waals surface area contributed by atoms with Crippen LogP contribution in [0.2, 0.25) is 0 Å². The van der Waals surface area contributed by atoms with E-state index in [1.165, 1.54) is 6.07 Å². The minimum Gasteiger partial charge on any atom is -0.388 e. The van der Waals surface area contributed by atoms with Gasteiger partial charge in [0.1, 0.15) is 0 Å². The summed E-state index contributed by atoms with van der Waals surface area (Å²) in [6, 6.07) is 3.58. The van der Waals surface area contributed by atoms with Crippen LogP contribution in [0.4, 0.5) is 8.78 Å². The molecule has 19 heavy (non-hydrogen) atoms. The molecule has 4 heteroatoms. The van der Waals surface area contributed by atoms with Gasteiger partial charge in [0.15, 0.2) is 11.6 Å². The molecule has 0 spiro atoms. The monoisotopic (exact) mass is 269 g/mol. The van der Waals surface area contributed by atoms with Crippen LogP contribution >= 0.6 is 0 Å². The third-order valence-electron chi connectivity index (χ3n) is 4.52. The Balaban J connectivity index is 2.25. The van der Waals surface area contributed by atoms with E-state index in [9.17, 15) is 13.9 Å². The van der Waals surface area contributed by atoms with E-state index < -0.39 is 23.2 Å². The largest absolute Gasteiger partial charge is 0.388 e. The van der Waals surface area contributed by atoms with Crippen molar-refractivity contribution in [3.8, 4) is 0 Å². The molecule has 0 aromatic heterocycles. The van der Waals surface area contributed by atoms with Gasteiger partial charge < -0.3 is 10.8 Å². The Hall–Kier alpha value is -1.00. The molecule has 0 heterocycles. The van der Waals surface area contributed by atoms with Crippen LogP contribution in [-0.4, -0.2) is 11.7 Å². The highest BCUT2D eigenvalue weighted by Gasteiger charge is 2.40. The second-order valence-corrected chi connectivity index (χ2v) is 5.83. The van der Waals surface area contributed by atoms with E-state index in [4.69, 9.17) is 5.73 Å². The van der Waals surface area contributed by atoms with Crippen molar-refractivity contribution >= 4 is 0 Å². The Bertz CT molecular complexity index is 442. The van der Waals surface area contributed by atoms with Gasteiger partial charge in [-0.05, 0) is 36.5 Å². The molecular formula is C15H21F2NO. The van der Waals surface area contributed by atoms with E-state index in [-0.39, 0.29) is 0 Å². The lowest BCUT2D eigenvalue weighted by atomic mass is 9.66. The van der Waals surface area contributed by atoms with Gasteiger partial charge >= 0.3 is 0 Å². The molecule has 1 aromatic rings. The van der Waals surface area contributed by atoms with Crippen molar-refractivity contribution in [1.82, 2.24) is 0 Å². The first-order valence-electron chi connectivity index (χ1n) is 6.81. The molecule has 106 valence electrons. The van der Waals surface area contributed by atoms with Gasteiger partial charge in [-0.1, -0.05) is 25.8 Å². The summed E-state index contributed by atoms with van der Waals surface area (Å²) in [5.74, 6) is -1.18. The second-order valence-electron chi connectivity index (χ2n) is 5.83. The standard InChI is InChI=1S/C15H21F2NO/c1-10-4-6-15(9-18,7-5-10)14(19)11-2-3-12(16)13(17)8-11/h2-3,8,10,14,19H,4-7,9,18H2,1H3. The van der Waals surface area contributed by atoms with Gasteiger partial charge in [0.2, 0.25) is 0 Å². The highest BCUT2D eigenvalue weighted by atomic mass is 19.2. The van der Waals surface area contributed by atoms with Crippen molar-refractivity contribution in [3.63, 3.8) is 0 Å². The summed E-state index contributed by atoms with van der Waals surface area (Å²) in [6.07, 6.45) is 2.84. The van der Waals surface area contributed by atoms with Gasteiger partial charge in [0.25, 0.3) is 0 Å². The van der Waals surface area contributed by atoms with Crippen LogP contribution in [0.3, 0.4) is 0 Å². The van der Waals surface area contributed by atoms with Gasteiger partial charge in [-0.15, -0.1) is 0 Å². The molecular weight excluding hydrogens is 248 g/mol. The predicted octanol–water partition coefficient (Wildman–Crippen LogP) is 3.15. The van der Waals surface area contributed by atoms with Crippen molar-refractivity contribution in [2.24, 2.45) is 17.1 Å². The first-order valence-corrected chi connectivity index (χ1v) is 6.81. The molecule has 1 atom stereocenters. The number of halogens is 2. The Morgan fingerprint density at radius 1 is 1.32 bits per heavy atom. The molecule has 3 N–H and O–H groups in total. The van der Waals surface area contributed by atoms with Crippen LogP contribution in [0.25, 0.3) is 0 Å². The summed E-state index contributed by atoms with van der Waals surface area (Å²) < 4.78 is 26.2. The van der Waals surface area contributed by atoms with Gasteiger partial charge in [0, 0.05) is 12.0 Å². The molecule has 1 saturated carbocycles. The van der Waals surface area contributed by atoms with Crippen LogP contribution < -0.4 is 5.73 Å². The summed E-state index contributed by atoms with van der Waals surface area (Å²) in [4.78, 5) is 0. The van der Waals surface area contributed by atoms with Gasteiger partial charge in [-0.3, -0.25) is 0 Å². The zero-order valence-electron chi connectivity index (χ0n) is 11.2. The van der Waals surface area contributed by atoms with E-state index in [1.54, 1.807) is 0 Å². The normalized spacial score (nSPS) is 29.2. The number of rotatable bonds is 3. The van der Waals surface area contributed by atoms with Crippen LogP contribution in [0.5, 0.6) is 0 Å². The van der Waals surface area contributed by atoms with Gasteiger partial charge in [-0.25, -0.2) is 8.78 Å². The predicted molar refractivity (Wildman–Crippen MR) is 70.4 cm³/mol. The van der Waals surface area contributed by atoms with E-state index in [0.717, 1.165) is 37.8 Å². The number of hydrogen-bond acceptors (Lipinski definition) is 2. The van der Waals surface area contributed by atoms with E-state index >= 15 is 0 Å². The summed E-state index contributed by atoms with van der Waals surface area (Å²) in [5.41, 5.74) is 5.87. The molecule has 0 aliphatic heterocycles. The number of aliphatic hydroxyl groups is 1. The third-order valence-corrected chi connectivity index (χ3v) is 4.52. The highest BCUT2D eigenvalue weighted by Crippen LogP contribution is 2.46. The zero-order valence-corrected chi connectivity index (χ0v) is 11.2. The quantitative estimate of drug-likeness (QED) is 0.885. The Morgan fingerprint density at radius 2 is 1.95 bits per heavy atom. The first-order chi connectivity index (χ1) is 8.98. The van der Waals surface area contributed by atoms with Crippen molar-refractivity contribution in [2.45, 2.75) is 38.7 Å². The first kappa shape index (κ1) is 14.4. The summed E-state index contributed by atoms with van der Waals surface area (Å²) >= 11 is 0. The summed E-state index contributed by atoms with van der Waals surface area (Å²) in [5, 5.41) is 10.5. The lowest BCUT2D eigenvalue weighted by Gasteiger charge is -2.42. The number of aliphatic hydroxyl groups excluding tert-OH is 1. The van der Waals surface area contributed by atoms with E-state index in [0.29, 0.717) is 18.0 Å². The van der Waals surface area contributed by atoms with Crippen LogP contribution in [0.15, 0.2) is 18.2 Å². The maximum Gasteiger partial charge on any atom is 0.159 e. The minimum absolute atomic E-state index is 0.361. The maximum absolute atomic E-state index is 13.3. The zero-order chi connectivity index (χ0) is 14.0. The molecule has 0 saturated heterocycles. The van der Waals surface area contributed by atoms with E-state index in [2.05, 4.69) is 6.92 Å². The van der Waals surface area contributed by atoms with Gasteiger partial charge in [0.05, 0.1) is 6.10 Å². The molecule has 2 nitrogen and oxygen atoms in total. The average molecular weight is 269 g/mol. The van der Waals surface area contributed by atoms with Crippen LogP contribution in [0, 0.1) is 23.0 Å². The molecule has 2 rings (SSSR count). The van der Waals surface area contributed by atoms with Crippen molar-refractivity contribution in [3.05, 3.63) is 35.4 Å². The van der Waals surface area contributed by atoms with Crippen LogP contribution in [0.1, 0.15) is 44.3 Å². The SMILES string of the molecule is CC1CCC(CN)(C(O)c2ccc(F)c(F)c2)CC1. The topological polar surface area (TPSA) is 46.2 Å². The van der Waals surface area contributed by atoms with Crippen molar-refractivity contribution in [1.29, 1.82) is 0 Å². The van der Waals surface area contributed by atoms with Crippen molar-refractivity contribution in [2.75, 3.05) is 6.54 Å². The Kier molecular flexibility index (Phi) is 4.21. The summed E-state index contributed by atoms with van der Waals surface area (Å²) in [7, 11) is 0. The molecule has 1 fully saturated rings. The Morgan fingerprint density at radius 3 is 2.47 bits per heavy atom. The van der Waals surface area contributed by atoms with Crippen molar-refractivity contribution < 1.29 is 13.9 Å². The summed E-state index contributed by atoms with van der Waals surface area (Å²) in [6.45, 7) is 2.55. The fraction of sp³-hybridized carbons (Fsp3) is 0.600. The number of hydrogen-bond donors (Lipinski definition) is 2. The molecule has 1 aliphatic carbocycles. The smallest absolute Gasteiger partial charge is 0.159 e. The van der Waals surface area contributed by atoms with Gasteiger partial charge in [-0.2, -0.15) is 0 Å². The number of nitrogens with two attached hydrogens (primary N) is 1. The second kappa shape index (κ2) is 5.55. The fourth-order valence-corrected chi connectivity index (χ4v) is 2.96. The molecule has 0 amide bonds. The molecule has 0 bridgehead atoms. The highest BCUT2D eigenvalue weighted by molar-refractivity contribution is 5.22. The Labute approximate surface area is 112 Å². The lowest BCUT2D eigenvalue weighted by molar-refractivity contribution is -0.00840. The fourth-order valence-electron chi connectivity index (χ4n) is 2.96. The number of benzene rings is 1. The molecule has 0 radical (unpaired) electrons. The maximum atomic E-state index is 13.3. The lowest BCUT2D eigenvalue weighted by Crippen LogP contribution is -2.40. The molecule has 1 aliphatic rings. The van der Waals surface area contributed by atoms with Crippen LogP contribution in [-0.2, 0) is 0 Å². The third kappa shape index (κ3) is 2.79. The van der Waals surface area contributed by atoms with E-state index in [1.807, 2.05) is 0 Å². The average Bonchev–Trinajstić information content (AvgIpc) is 2.42. The molecule has 1 aromatic carbocycles. The minimum atomic E-state index is -0.923. The molecule has 1 unspecified atom stereocenters.